The highest BCUT2D eigenvalue weighted by molar-refractivity contribution is 5.94. The van der Waals surface area contributed by atoms with Crippen LogP contribution < -0.4 is 5.73 Å². The molecule has 2 aliphatic heterocycles. The molecule has 0 saturated carbocycles. The molecule has 1 amide bonds. The Labute approximate surface area is 161 Å². The van der Waals surface area contributed by atoms with Crippen LogP contribution in [0.5, 0.6) is 0 Å². The number of rotatable bonds is 8. The Morgan fingerprint density at radius 1 is 1.33 bits per heavy atom. The molecule has 27 heavy (non-hydrogen) atoms. The molecule has 0 radical (unpaired) electrons. The van der Waals surface area contributed by atoms with Gasteiger partial charge in [-0.25, -0.2) is 4.98 Å². The van der Waals surface area contributed by atoms with Gasteiger partial charge in [0.05, 0.1) is 18.3 Å². The number of pyridine rings is 1. The van der Waals surface area contributed by atoms with Gasteiger partial charge >= 0.3 is 0 Å². The predicted molar refractivity (Wildman–Crippen MR) is 105 cm³/mol. The maximum Gasteiger partial charge on any atom is 0.255 e. The van der Waals surface area contributed by atoms with Gasteiger partial charge in [-0.3, -0.25) is 4.79 Å². The van der Waals surface area contributed by atoms with E-state index in [2.05, 4.69) is 9.88 Å². The third-order valence-electron chi connectivity index (χ3n) is 5.57. The lowest BCUT2D eigenvalue weighted by atomic mass is 9.95. The molecule has 1 atom stereocenters. The number of carbonyl (C=O) groups excluding carboxylic acids is 1. The minimum Gasteiger partial charge on any atom is -0.384 e. The van der Waals surface area contributed by atoms with Crippen LogP contribution in [0.4, 0.5) is 5.82 Å². The number of piperidine rings is 1. The van der Waals surface area contributed by atoms with Crippen molar-refractivity contribution in [1.82, 2.24) is 14.8 Å². The zero-order valence-electron chi connectivity index (χ0n) is 16.3. The summed E-state index contributed by atoms with van der Waals surface area (Å²) in [6, 6.07) is 3.45. The second-order valence-electron chi connectivity index (χ2n) is 7.59. The number of nitrogen functional groups attached to an aromatic ring is 1. The molecular weight excluding hydrogens is 344 g/mol. The lowest BCUT2D eigenvalue weighted by molar-refractivity contribution is 0.0436. The Hall–Kier alpha value is -1.70. The van der Waals surface area contributed by atoms with Crippen molar-refractivity contribution in [3.05, 3.63) is 23.9 Å². The minimum atomic E-state index is 0.0276. The first-order valence-corrected chi connectivity index (χ1v) is 9.99. The van der Waals surface area contributed by atoms with Gasteiger partial charge in [0.15, 0.2) is 0 Å². The van der Waals surface area contributed by atoms with Crippen LogP contribution in [0.1, 0.15) is 36.0 Å². The van der Waals surface area contributed by atoms with Crippen LogP contribution in [0.15, 0.2) is 18.3 Å². The molecule has 2 aliphatic rings. The summed E-state index contributed by atoms with van der Waals surface area (Å²) in [5, 5.41) is 0. The number of hydrogen-bond acceptors (Lipinski definition) is 6. The molecule has 0 bridgehead atoms. The third kappa shape index (κ3) is 5.89. The summed E-state index contributed by atoms with van der Waals surface area (Å²) >= 11 is 0. The quantitative estimate of drug-likeness (QED) is 0.743. The van der Waals surface area contributed by atoms with E-state index in [9.17, 15) is 4.79 Å². The number of anilines is 1. The minimum absolute atomic E-state index is 0.0276. The Balaban J connectivity index is 1.60. The van der Waals surface area contributed by atoms with Gasteiger partial charge in [0, 0.05) is 39.5 Å². The fourth-order valence-corrected chi connectivity index (χ4v) is 3.91. The van der Waals surface area contributed by atoms with Gasteiger partial charge in [-0.15, -0.1) is 0 Å². The van der Waals surface area contributed by atoms with Gasteiger partial charge in [0.1, 0.15) is 5.82 Å². The average Bonchev–Trinajstić information content (AvgIpc) is 3.20. The number of nitrogens with two attached hydrogens (primary N) is 1. The first-order valence-electron chi connectivity index (χ1n) is 9.99. The number of likely N-dealkylation sites (tertiary alicyclic amines) is 1. The summed E-state index contributed by atoms with van der Waals surface area (Å²) in [5.74, 6) is 0.983. The van der Waals surface area contributed by atoms with Crippen molar-refractivity contribution >= 4 is 11.7 Å². The molecule has 3 rings (SSSR count). The first kappa shape index (κ1) is 20.0. The van der Waals surface area contributed by atoms with Crippen LogP contribution in [0.2, 0.25) is 0 Å². The number of ether oxygens (including phenoxy) is 2. The molecule has 0 aliphatic carbocycles. The highest BCUT2D eigenvalue weighted by Gasteiger charge is 2.27. The fourth-order valence-electron chi connectivity index (χ4n) is 3.91. The predicted octanol–water partition coefficient (Wildman–Crippen LogP) is 1.64. The maximum absolute atomic E-state index is 13.1. The standard InChI is InChI=1S/C20H32N4O3/c1-26-12-10-23-8-6-16(7-9-23)14-24(15-18-3-2-11-27-18)20(25)17-4-5-19(21)22-13-17/h4-5,13,16,18H,2-3,6-12,14-15H2,1H3,(H2,21,22)/t18-/m0/s1. The zero-order valence-corrected chi connectivity index (χ0v) is 16.3. The van der Waals surface area contributed by atoms with Crippen LogP contribution in [0.25, 0.3) is 0 Å². The van der Waals surface area contributed by atoms with Crippen LogP contribution in [-0.4, -0.2) is 79.8 Å². The van der Waals surface area contributed by atoms with E-state index in [1.54, 1.807) is 25.4 Å². The van der Waals surface area contributed by atoms with E-state index in [1.165, 1.54) is 0 Å². The summed E-state index contributed by atoms with van der Waals surface area (Å²) in [6.07, 6.45) is 6.05. The van der Waals surface area contributed by atoms with E-state index in [-0.39, 0.29) is 12.0 Å². The van der Waals surface area contributed by atoms with E-state index < -0.39 is 0 Å². The molecule has 150 valence electrons. The summed E-state index contributed by atoms with van der Waals surface area (Å²) in [6.45, 7) is 6.14. The van der Waals surface area contributed by atoms with Crippen molar-refractivity contribution < 1.29 is 14.3 Å². The van der Waals surface area contributed by atoms with E-state index in [0.29, 0.717) is 23.8 Å². The smallest absolute Gasteiger partial charge is 0.255 e. The van der Waals surface area contributed by atoms with Crippen molar-refractivity contribution in [2.45, 2.75) is 31.8 Å². The topological polar surface area (TPSA) is 80.9 Å². The Morgan fingerprint density at radius 3 is 2.78 bits per heavy atom. The lowest BCUT2D eigenvalue weighted by Crippen LogP contribution is -2.44. The van der Waals surface area contributed by atoms with Crippen molar-refractivity contribution in [2.24, 2.45) is 5.92 Å². The zero-order chi connectivity index (χ0) is 19.1. The number of methoxy groups -OCH3 is 1. The van der Waals surface area contributed by atoms with Crippen molar-refractivity contribution in [1.29, 1.82) is 0 Å². The van der Waals surface area contributed by atoms with Crippen molar-refractivity contribution in [3.8, 4) is 0 Å². The average molecular weight is 377 g/mol. The molecule has 0 spiro atoms. The van der Waals surface area contributed by atoms with Gasteiger partial charge in [0.25, 0.3) is 5.91 Å². The molecule has 7 heteroatoms. The van der Waals surface area contributed by atoms with Crippen LogP contribution >= 0.6 is 0 Å². The number of amides is 1. The van der Waals surface area contributed by atoms with Gasteiger partial charge in [-0.2, -0.15) is 0 Å². The van der Waals surface area contributed by atoms with E-state index in [1.807, 2.05) is 4.90 Å². The highest BCUT2D eigenvalue weighted by Crippen LogP contribution is 2.21. The fraction of sp³-hybridized carbons (Fsp3) is 0.700. The first-order chi connectivity index (χ1) is 13.2. The normalized spacial score (nSPS) is 21.4. The maximum atomic E-state index is 13.1. The van der Waals surface area contributed by atoms with Gasteiger partial charge < -0.3 is 25.0 Å². The summed E-state index contributed by atoms with van der Waals surface area (Å²) in [5.41, 5.74) is 6.26. The van der Waals surface area contributed by atoms with Crippen LogP contribution in [0.3, 0.4) is 0 Å². The molecule has 1 aromatic heterocycles. The van der Waals surface area contributed by atoms with Crippen LogP contribution in [-0.2, 0) is 9.47 Å². The second kappa shape index (κ2) is 10.0. The van der Waals surface area contributed by atoms with E-state index in [0.717, 1.165) is 65.1 Å². The van der Waals surface area contributed by atoms with E-state index in [4.69, 9.17) is 15.2 Å². The summed E-state index contributed by atoms with van der Waals surface area (Å²) < 4.78 is 11.0. The molecular formula is C20H32N4O3. The molecule has 7 nitrogen and oxygen atoms in total. The van der Waals surface area contributed by atoms with Gasteiger partial charge in [-0.05, 0) is 56.8 Å². The molecule has 3 heterocycles. The Kier molecular flexibility index (Phi) is 7.43. The SMILES string of the molecule is COCCN1CCC(CN(C[C@@H]2CCCO2)C(=O)c2ccc(N)nc2)CC1. The molecule has 1 aromatic rings. The number of nitrogens with zero attached hydrogens (tertiary/aromatic N) is 3. The highest BCUT2D eigenvalue weighted by atomic mass is 16.5. The van der Waals surface area contributed by atoms with Gasteiger partial charge in [0.2, 0.25) is 0 Å². The summed E-state index contributed by atoms with van der Waals surface area (Å²) in [7, 11) is 1.74. The Bertz CT molecular complexity index is 581. The molecule has 0 aromatic carbocycles. The van der Waals surface area contributed by atoms with Gasteiger partial charge in [-0.1, -0.05) is 0 Å². The summed E-state index contributed by atoms with van der Waals surface area (Å²) in [4.78, 5) is 21.6. The largest absolute Gasteiger partial charge is 0.384 e. The molecule has 0 unspecified atom stereocenters. The number of carbonyl (C=O) groups is 1. The lowest BCUT2D eigenvalue weighted by Gasteiger charge is -2.35. The van der Waals surface area contributed by atoms with E-state index >= 15 is 0 Å². The monoisotopic (exact) mass is 376 g/mol. The molecule has 2 saturated heterocycles. The van der Waals surface area contributed by atoms with Crippen LogP contribution in [0, 0.1) is 5.92 Å². The van der Waals surface area contributed by atoms with Crippen molar-refractivity contribution in [3.63, 3.8) is 0 Å². The Morgan fingerprint density at radius 2 is 2.15 bits per heavy atom. The second-order valence-corrected chi connectivity index (χ2v) is 7.59. The van der Waals surface area contributed by atoms with Crippen molar-refractivity contribution in [2.75, 3.05) is 58.8 Å². The molecule has 2 fully saturated rings. The number of aromatic nitrogens is 1. The molecule has 2 N–H and O–H groups in total. The third-order valence-corrected chi connectivity index (χ3v) is 5.57. The number of hydrogen-bond donors (Lipinski definition) is 1.